The van der Waals surface area contributed by atoms with Gasteiger partial charge in [0.25, 0.3) is 5.91 Å². The van der Waals surface area contributed by atoms with Crippen molar-refractivity contribution in [1.29, 1.82) is 0 Å². The second-order valence-corrected chi connectivity index (χ2v) is 5.43. The van der Waals surface area contributed by atoms with Gasteiger partial charge in [0.15, 0.2) is 0 Å². The van der Waals surface area contributed by atoms with Gasteiger partial charge in [-0.15, -0.1) is 0 Å². The quantitative estimate of drug-likeness (QED) is 0.750. The maximum atomic E-state index is 12.0. The van der Waals surface area contributed by atoms with Crippen LogP contribution >= 0.6 is 0 Å². The molecule has 22 heavy (non-hydrogen) atoms. The SMILES string of the molecule is CCCCc1ccccc1-c1oc2ccccc2c1C(N)=O. The van der Waals surface area contributed by atoms with Gasteiger partial charge < -0.3 is 10.2 Å². The normalized spacial score (nSPS) is 11.0. The van der Waals surface area contributed by atoms with E-state index in [9.17, 15) is 4.79 Å². The van der Waals surface area contributed by atoms with Crippen molar-refractivity contribution >= 4 is 16.9 Å². The van der Waals surface area contributed by atoms with Crippen molar-refractivity contribution in [2.24, 2.45) is 5.73 Å². The summed E-state index contributed by atoms with van der Waals surface area (Å²) in [6.07, 6.45) is 3.18. The highest BCUT2D eigenvalue weighted by Gasteiger charge is 2.21. The molecule has 0 fully saturated rings. The Kier molecular flexibility index (Phi) is 3.96. The maximum Gasteiger partial charge on any atom is 0.253 e. The molecular weight excluding hydrogens is 274 g/mol. The fraction of sp³-hybridized carbons (Fsp3) is 0.211. The minimum absolute atomic E-state index is 0.453. The number of carbonyl (C=O) groups excluding carboxylic acids is 1. The van der Waals surface area contributed by atoms with E-state index >= 15 is 0 Å². The molecule has 1 amide bonds. The van der Waals surface area contributed by atoms with Gasteiger partial charge in [0.2, 0.25) is 0 Å². The first kappa shape index (κ1) is 14.4. The number of fused-ring (bicyclic) bond motifs is 1. The summed E-state index contributed by atoms with van der Waals surface area (Å²) in [5.41, 5.74) is 8.92. The molecule has 3 heteroatoms. The molecule has 0 saturated heterocycles. The van der Waals surface area contributed by atoms with Crippen LogP contribution in [0.4, 0.5) is 0 Å². The topological polar surface area (TPSA) is 56.2 Å². The molecule has 0 aliphatic carbocycles. The zero-order valence-corrected chi connectivity index (χ0v) is 12.6. The maximum absolute atomic E-state index is 12.0. The van der Waals surface area contributed by atoms with E-state index in [2.05, 4.69) is 13.0 Å². The first-order valence-electron chi connectivity index (χ1n) is 7.62. The van der Waals surface area contributed by atoms with Crippen LogP contribution in [0.15, 0.2) is 52.9 Å². The molecule has 0 spiro atoms. The number of unbranched alkanes of at least 4 members (excludes halogenated alkanes) is 1. The highest BCUT2D eigenvalue weighted by Crippen LogP contribution is 2.35. The lowest BCUT2D eigenvalue weighted by Gasteiger charge is -2.08. The number of aryl methyl sites for hydroxylation is 1. The van der Waals surface area contributed by atoms with Crippen LogP contribution in [0.5, 0.6) is 0 Å². The summed E-state index contributed by atoms with van der Waals surface area (Å²) >= 11 is 0. The average molecular weight is 293 g/mol. The van der Waals surface area contributed by atoms with E-state index < -0.39 is 5.91 Å². The van der Waals surface area contributed by atoms with Gasteiger partial charge in [0, 0.05) is 10.9 Å². The van der Waals surface area contributed by atoms with Gasteiger partial charge in [-0.2, -0.15) is 0 Å². The molecule has 3 rings (SSSR count). The van der Waals surface area contributed by atoms with E-state index in [1.807, 2.05) is 42.5 Å². The number of carbonyl (C=O) groups is 1. The van der Waals surface area contributed by atoms with E-state index in [0.29, 0.717) is 16.9 Å². The summed E-state index contributed by atoms with van der Waals surface area (Å²) < 4.78 is 5.97. The largest absolute Gasteiger partial charge is 0.455 e. The van der Waals surface area contributed by atoms with E-state index in [-0.39, 0.29) is 0 Å². The van der Waals surface area contributed by atoms with Gasteiger partial charge >= 0.3 is 0 Å². The summed E-state index contributed by atoms with van der Waals surface area (Å²) in [7, 11) is 0. The lowest BCUT2D eigenvalue weighted by Crippen LogP contribution is -2.11. The Morgan fingerprint density at radius 2 is 1.82 bits per heavy atom. The number of primary amides is 1. The Hall–Kier alpha value is -2.55. The van der Waals surface area contributed by atoms with Gasteiger partial charge in [0.1, 0.15) is 11.3 Å². The fourth-order valence-electron chi connectivity index (χ4n) is 2.81. The zero-order chi connectivity index (χ0) is 15.5. The van der Waals surface area contributed by atoms with Crippen LogP contribution in [-0.2, 0) is 6.42 Å². The van der Waals surface area contributed by atoms with E-state index in [1.165, 1.54) is 5.56 Å². The predicted molar refractivity (Wildman–Crippen MR) is 88.8 cm³/mol. The molecule has 0 aliphatic heterocycles. The van der Waals surface area contributed by atoms with Crippen molar-refractivity contribution in [2.45, 2.75) is 26.2 Å². The highest BCUT2D eigenvalue weighted by molar-refractivity contribution is 6.10. The molecule has 0 bridgehead atoms. The molecule has 0 atom stereocenters. The molecule has 1 aromatic heterocycles. The molecule has 2 aromatic carbocycles. The minimum Gasteiger partial charge on any atom is -0.455 e. The fourth-order valence-corrected chi connectivity index (χ4v) is 2.81. The molecule has 0 saturated carbocycles. The van der Waals surface area contributed by atoms with Crippen LogP contribution in [0.1, 0.15) is 35.7 Å². The summed E-state index contributed by atoms with van der Waals surface area (Å²) in [5.74, 6) is 0.130. The van der Waals surface area contributed by atoms with Crippen LogP contribution in [0, 0.1) is 0 Å². The molecule has 1 heterocycles. The van der Waals surface area contributed by atoms with Crippen LogP contribution in [0.25, 0.3) is 22.3 Å². The first-order chi connectivity index (χ1) is 10.7. The number of para-hydroxylation sites is 1. The summed E-state index contributed by atoms with van der Waals surface area (Å²) in [6.45, 7) is 2.17. The second kappa shape index (κ2) is 6.06. The van der Waals surface area contributed by atoms with Gasteiger partial charge in [-0.1, -0.05) is 55.8 Å². The summed E-state index contributed by atoms with van der Waals surface area (Å²) in [4.78, 5) is 12.0. The van der Waals surface area contributed by atoms with Gasteiger partial charge in [-0.05, 0) is 24.5 Å². The molecule has 2 N–H and O–H groups in total. The number of furan rings is 1. The Balaban J connectivity index is 2.22. The van der Waals surface area contributed by atoms with Crippen LogP contribution in [-0.4, -0.2) is 5.91 Å². The van der Waals surface area contributed by atoms with Crippen molar-refractivity contribution < 1.29 is 9.21 Å². The first-order valence-corrected chi connectivity index (χ1v) is 7.62. The lowest BCUT2D eigenvalue weighted by molar-refractivity contribution is 0.100. The molecule has 3 aromatic rings. The molecule has 0 aliphatic rings. The van der Waals surface area contributed by atoms with Gasteiger partial charge in [-0.3, -0.25) is 4.79 Å². The summed E-state index contributed by atoms with van der Waals surface area (Å²) in [6, 6.07) is 15.6. The van der Waals surface area contributed by atoms with Crippen molar-refractivity contribution in [3.05, 3.63) is 59.7 Å². The number of hydrogen-bond donors (Lipinski definition) is 1. The second-order valence-electron chi connectivity index (χ2n) is 5.43. The van der Waals surface area contributed by atoms with Crippen molar-refractivity contribution in [1.82, 2.24) is 0 Å². The van der Waals surface area contributed by atoms with Crippen LogP contribution in [0.3, 0.4) is 0 Å². The predicted octanol–water partition coefficient (Wildman–Crippen LogP) is 4.54. The molecule has 3 nitrogen and oxygen atoms in total. The number of nitrogens with two attached hydrogens (primary N) is 1. The van der Waals surface area contributed by atoms with Crippen molar-refractivity contribution in [2.75, 3.05) is 0 Å². The van der Waals surface area contributed by atoms with E-state index in [4.69, 9.17) is 10.2 Å². The molecule has 0 radical (unpaired) electrons. The Labute approximate surface area is 129 Å². The van der Waals surface area contributed by atoms with Gasteiger partial charge in [0.05, 0.1) is 5.56 Å². The van der Waals surface area contributed by atoms with E-state index in [0.717, 1.165) is 30.2 Å². The summed E-state index contributed by atoms with van der Waals surface area (Å²) in [5, 5.41) is 0.773. The number of benzene rings is 2. The van der Waals surface area contributed by atoms with Crippen LogP contribution < -0.4 is 5.73 Å². The van der Waals surface area contributed by atoms with Crippen molar-refractivity contribution in [3.8, 4) is 11.3 Å². The average Bonchev–Trinajstić information content (AvgIpc) is 2.92. The number of amides is 1. The third-order valence-corrected chi connectivity index (χ3v) is 3.90. The lowest BCUT2D eigenvalue weighted by atomic mass is 9.97. The molecular formula is C19H19NO2. The van der Waals surface area contributed by atoms with Crippen LogP contribution in [0.2, 0.25) is 0 Å². The van der Waals surface area contributed by atoms with Crippen molar-refractivity contribution in [3.63, 3.8) is 0 Å². The zero-order valence-electron chi connectivity index (χ0n) is 12.6. The molecule has 112 valence electrons. The van der Waals surface area contributed by atoms with E-state index in [1.54, 1.807) is 0 Å². The van der Waals surface area contributed by atoms with Gasteiger partial charge in [-0.25, -0.2) is 0 Å². The smallest absolute Gasteiger partial charge is 0.253 e. The number of hydrogen-bond acceptors (Lipinski definition) is 2. The Morgan fingerprint density at radius 3 is 2.59 bits per heavy atom. The standard InChI is InChI=1S/C19H19NO2/c1-2-3-8-13-9-4-5-10-14(13)18-17(19(20)21)15-11-6-7-12-16(15)22-18/h4-7,9-12H,2-3,8H2,1H3,(H2,20,21). The Morgan fingerprint density at radius 1 is 1.09 bits per heavy atom. The Bertz CT molecular complexity index is 817. The minimum atomic E-state index is -0.453. The third-order valence-electron chi connectivity index (χ3n) is 3.90. The monoisotopic (exact) mass is 293 g/mol. The third kappa shape index (κ3) is 2.50. The highest BCUT2D eigenvalue weighted by atomic mass is 16.3. The number of rotatable bonds is 5. The molecule has 0 unspecified atom stereocenters.